The largest absolute Gasteiger partial charge is 0.481 e. The minimum Gasteiger partial charge on any atom is -0.481 e. The first-order valence-corrected chi connectivity index (χ1v) is 6.09. The Hall–Kier alpha value is -1.09. The molecule has 0 aliphatic carbocycles. The lowest BCUT2D eigenvalue weighted by molar-refractivity contribution is 0.250. The summed E-state index contributed by atoms with van der Waals surface area (Å²) >= 11 is 0. The van der Waals surface area contributed by atoms with E-state index in [-0.39, 0.29) is 0 Å². The predicted molar refractivity (Wildman–Crippen MR) is 64.6 cm³/mol. The van der Waals surface area contributed by atoms with Gasteiger partial charge >= 0.3 is 0 Å². The predicted octanol–water partition coefficient (Wildman–Crippen LogP) is 2.64. The lowest BCUT2D eigenvalue weighted by atomic mass is 10.1. The van der Waals surface area contributed by atoms with Crippen molar-refractivity contribution < 1.29 is 4.74 Å². The average molecular weight is 220 g/mol. The van der Waals surface area contributed by atoms with Gasteiger partial charge in [0.25, 0.3) is 0 Å². The highest BCUT2D eigenvalue weighted by Crippen LogP contribution is 2.35. The van der Waals surface area contributed by atoms with E-state index in [2.05, 4.69) is 22.9 Å². The van der Waals surface area contributed by atoms with Crippen LogP contribution in [-0.4, -0.2) is 30.1 Å². The maximum atomic E-state index is 5.35. The Labute approximate surface area is 97.4 Å². The van der Waals surface area contributed by atoms with Crippen LogP contribution in [0, 0.1) is 0 Å². The second-order valence-corrected chi connectivity index (χ2v) is 4.30. The number of hydrogen-bond donors (Lipinski definition) is 0. The molecule has 1 aliphatic heterocycles. The Balaban J connectivity index is 2.21. The Morgan fingerprint density at radius 3 is 3.19 bits per heavy atom. The van der Waals surface area contributed by atoms with Crippen LogP contribution in [0.1, 0.15) is 37.8 Å². The maximum absolute atomic E-state index is 5.35. The van der Waals surface area contributed by atoms with E-state index in [1.807, 2.05) is 6.07 Å². The molecule has 1 aliphatic rings. The van der Waals surface area contributed by atoms with Crippen molar-refractivity contribution in [1.29, 1.82) is 0 Å². The Kier molecular flexibility index (Phi) is 3.78. The van der Waals surface area contributed by atoms with E-state index in [1.54, 1.807) is 13.3 Å². The van der Waals surface area contributed by atoms with Gasteiger partial charge < -0.3 is 4.74 Å². The van der Waals surface area contributed by atoms with Gasteiger partial charge in [0.15, 0.2) is 0 Å². The van der Waals surface area contributed by atoms with Gasteiger partial charge in [-0.25, -0.2) is 4.98 Å². The lowest BCUT2D eigenvalue weighted by Gasteiger charge is -2.24. The quantitative estimate of drug-likeness (QED) is 0.780. The zero-order valence-electron chi connectivity index (χ0n) is 10.1. The van der Waals surface area contributed by atoms with Crippen molar-refractivity contribution in [3.8, 4) is 5.88 Å². The van der Waals surface area contributed by atoms with Crippen molar-refractivity contribution in [1.82, 2.24) is 9.88 Å². The molecule has 0 spiro atoms. The monoisotopic (exact) mass is 220 g/mol. The summed E-state index contributed by atoms with van der Waals surface area (Å²) in [4.78, 5) is 6.83. The molecule has 3 nitrogen and oxygen atoms in total. The van der Waals surface area contributed by atoms with Crippen LogP contribution in [0.5, 0.6) is 5.88 Å². The number of hydrogen-bond acceptors (Lipinski definition) is 3. The van der Waals surface area contributed by atoms with Gasteiger partial charge in [0, 0.05) is 17.8 Å². The number of methoxy groups -OCH3 is 1. The zero-order chi connectivity index (χ0) is 11.4. The second kappa shape index (κ2) is 5.30. The third-order valence-corrected chi connectivity index (χ3v) is 3.23. The summed E-state index contributed by atoms with van der Waals surface area (Å²) in [5, 5.41) is 0. The molecule has 0 N–H and O–H groups in total. The molecule has 0 bridgehead atoms. The molecule has 1 saturated heterocycles. The number of pyridine rings is 1. The minimum absolute atomic E-state index is 0.503. The summed E-state index contributed by atoms with van der Waals surface area (Å²) in [7, 11) is 1.70. The Bertz CT molecular complexity index is 340. The summed E-state index contributed by atoms with van der Waals surface area (Å²) in [6.45, 7) is 4.61. The normalized spacial score (nSPS) is 21.2. The van der Waals surface area contributed by atoms with Crippen LogP contribution in [0.4, 0.5) is 0 Å². The van der Waals surface area contributed by atoms with Crippen molar-refractivity contribution >= 4 is 0 Å². The van der Waals surface area contributed by atoms with Crippen molar-refractivity contribution in [2.45, 2.75) is 32.2 Å². The van der Waals surface area contributed by atoms with Gasteiger partial charge in [0.1, 0.15) is 0 Å². The topological polar surface area (TPSA) is 25.4 Å². The molecule has 88 valence electrons. The van der Waals surface area contributed by atoms with E-state index < -0.39 is 0 Å². The fourth-order valence-corrected chi connectivity index (χ4v) is 2.56. The second-order valence-electron chi connectivity index (χ2n) is 4.30. The minimum atomic E-state index is 0.503. The molecular formula is C13H20N2O. The lowest BCUT2D eigenvalue weighted by Crippen LogP contribution is -2.24. The fourth-order valence-electron chi connectivity index (χ4n) is 2.56. The van der Waals surface area contributed by atoms with E-state index in [1.165, 1.54) is 37.9 Å². The molecule has 0 radical (unpaired) electrons. The van der Waals surface area contributed by atoms with Gasteiger partial charge in [0.2, 0.25) is 5.88 Å². The van der Waals surface area contributed by atoms with E-state index >= 15 is 0 Å². The number of ether oxygens (including phenoxy) is 1. The maximum Gasteiger partial charge on any atom is 0.217 e. The summed E-state index contributed by atoms with van der Waals surface area (Å²) in [5.41, 5.74) is 1.25. The molecule has 1 unspecified atom stereocenters. The molecular weight excluding hydrogens is 200 g/mol. The van der Waals surface area contributed by atoms with Gasteiger partial charge in [-0.2, -0.15) is 0 Å². The SMILES string of the molecule is CCCN1CCCC1c1cccnc1OC. The Morgan fingerprint density at radius 2 is 2.44 bits per heavy atom. The van der Waals surface area contributed by atoms with E-state index in [0.717, 1.165) is 5.88 Å². The molecule has 1 aromatic heterocycles. The van der Waals surface area contributed by atoms with Crippen molar-refractivity contribution in [3.63, 3.8) is 0 Å². The standard InChI is InChI=1S/C13H20N2O/c1-3-9-15-10-5-7-12(15)11-6-4-8-14-13(11)16-2/h4,6,8,12H,3,5,7,9-10H2,1-2H3. The first-order valence-electron chi connectivity index (χ1n) is 6.09. The smallest absolute Gasteiger partial charge is 0.217 e. The van der Waals surface area contributed by atoms with Crippen molar-refractivity contribution in [2.75, 3.05) is 20.2 Å². The first-order chi connectivity index (χ1) is 7.86. The van der Waals surface area contributed by atoms with E-state index in [0.29, 0.717) is 6.04 Å². The van der Waals surface area contributed by atoms with Gasteiger partial charge in [-0.3, -0.25) is 4.90 Å². The highest BCUT2D eigenvalue weighted by Gasteiger charge is 2.27. The van der Waals surface area contributed by atoms with Crippen LogP contribution in [0.2, 0.25) is 0 Å². The first kappa shape index (κ1) is 11.4. The van der Waals surface area contributed by atoms with Crippen LogP contribution in [0.25, 0.3) is 0 Å². The molecule has 1 atom stereocenters. The van der Waals surface area contributed by atoms with Crippen molar-refractivity contribution in [2.24, 2.45) is 0 Å². The number of aromatic nitrogens is 1. The molecule has 2 rings (SSSR count). The molecule has 1 fully saturated rings. The zero-order valence-corrected chi connectivity index (χ0v) is 10.1. The summed E-state index contributed by atoms with van der Waals surface area (Å²) in [6.07, 6.45) is 5.51. The van der Waals surface area contributed by atoms with Gasteiger partial charge in [-0.15, -0.1) is 0 Å². The molecule has 16 heavy (non-hydrogen) atoms. The van der Waals surface area contributed by atoms with Gasteiger partial charge in [-0.05, 0) is 38.4 Å². The average Bonchev–Trinajstić information content (AvgIpc) is 2.77. The number of nitrogens with zero attached hydrogens (tertiary/aromatic N) is 2. The number of rotatable bonds is 4. The number of likely N-dealkylation sites (tertiary alicyclic amines) is 1. The third kappa shape index (κ3) is 2.19. The van der Waals surface area contributed by atoms with Crippen LogP contribution in [0.15, 0.2) is 18.3 Å². The van der Waals surface area contributed by atoms with Crippen molar-refractivity contribution in [3.05, 3.63) is 23.9 Å². The molecule has 2 heterocycles. The molecule has 0 aromatic carbocycles. The Morgan fingerprint density at radius 1 is 1.56 bits per heavy atom. The van der Waals surface area contributed by atoms with E-state index in [9.17, 15) is 0 Å². The van der Waals surface area contributed by atoms with Gasteiger partial charge in [-0.1, -0.05) is 13.0 Å². The molecule has 3 heteroatoms. The molecule has 0 saturated carbocycles. The van der Waals surface area contributed by atoms with Crippen LogP contribution >= 0.6 is 0 Å². The highest BCUT2D eigenvalue weighted by molar-refractivity contribution is 5.29. The fraction of sp³-hybridized carbons (Fsp3) is 0.615. The van der Waals surface area contributed by atoms with Crippen LogP contribution < -0.4 is 4.74 Å². The third-order valence-electron chi connectivity index (χ3n) is 3.23. The highest BCUT2D eigenvalue weighted by atomic mass is 16.5. The van der Waals surface area contributed by atoms with Crippen LogP contribution in [0.3, 0.4) is 0 Å². The van der Waals surface area contributed by atoms with E-state index in [4.69, 9.17) is 4.74 Å². The molecule has 0 amide bonds. The summed E-state index contributed by atoms with van der Waals surface area (Å²) < 4.78 is 5.35. The molecule has 1 aromatic rings. The summed E-state index contributed by atoms with van der Waals surface area (Å²) in [5.74, 6) is 0.788. The van der Waals surface area contributed by atoms with Crippen LogP contribution in [-0.2, 0) is 0 Å². The van der Waals surface area contributed by atoms with Gasteiger partial charge in [0.05, 0.1) is 7.11 Å². The summed E-state index contributed by atoms with van der Waals surface area (Å²) in [6, 6.07) is 4.65.